The molecule has 0 spiro atoms. The lowest BCUT2D eigenvalue weighted by molar-refractivity contribution is -0.128. The lowest BCUT2D eigenvalue weighted by atomic mass is 9.44. The fourth-order valence-corrected chi connectivity index (χ4v) is 7.46. The van der Waals surface area contributed by atoms with Crippen LogP contribution in [0.5, 0.6) is 0 Å². The minimum absolute atomic E-state index is 0.0221. The van der Waals surface area contributed by atoms with Gasteiger partial charge in [0.2, 0.25) is 0 Å². The Morgan fingerprint density at radius 2 is 1.55 bits per heavy atom. The van der Waals surface area contributed by atoms with Crippen LogP contribution in [0.1, 0.15) is 72.1 Å². The molecule has 4 fully saturated rings. The summed E-state index contributed by atoms with van der Waals surface area (Å²) in [4.78, 5) is 0. The summed E-state index contributed by atoms with van der Waals surface area (Å²) in [5, 5.41) is 20.8. The largest absolute Gasteiger partial charge is 0.390 e. The molecule has 0 aromatic heterocycles. The van der Waals surface area contributed by atoms with E-state index < -0.39 is 12.2 Å². The Morgan fingerprint density at radius 1 is 0.818 bits per heavy atom. The molecule has 0 unspecified atom stereocenters. The van der Waals surface area contributed by atoms with Gasteiger partial charge in [-0.1, -0.05) is 27.2 Å². The zero-order valence-corrected chi connectivity index (χ0v) is 14.6. The molecule has 4 aliphatic carbocycles. The van der Waals surface area contributed by atoms with E-state index in [1.807, 2.05) is 0 Å². The lowest BCUT2D eigenvalue weighted by Gasteiger charge is -2.60. The van der Waals surface area contributed by atoms with Crippen molar-refractivity contribution in [2.24, 2.45) is 40.4 Å². The van der Waals surface area contributed by atoms with Crippen LogP contribution in [0, 0.1) is 40.4 Å². The molecule has 4 saturated carbocycles. The van der Waals surface area contributed by atoms with Crippen molar-refractivity contribution in [3.8, 4) is 0 Å². The first-order valence-corrected chi connectivity index (χ1v) is 9.72. The first-order chi connectivity index (χ1) is 10.4. The summed E-state index contributed by atoms with van der Waals surface area (Å²) >= 11 is 0. The van der Waals surface area contributed by atoms with Crippen molar-refractivity contribution in [3.05, 3.63) is 0 Å². The lowest BCUT2D eigenvalue weighted by Crippen LogP contribution is -2.54. The van der Waals surface area contributed by atoms with Gasteiger partial charge in [-0.15, -0.1) is 0 Å². The zero-order chi connectivity index (χ0) is 15.7. The van der Waals surface area contributed by atoms with Gasteiger partial charge in [0, 0.05) is 0 Å². The molecule has 0 amide bonds. The predicted octanol–water partition coefficient (Wildman–Crippen LogP) is 4.00. The van der Waals surface area contributed by atoms with E-state index in [-0.39, 0.29) is 5.41 Å². The number of hydrogen-bond donors (Lipinski definition) is 2. The smallest absolute Gasteiger partial charge is 0.0855 e. The topological polar surface area (TPSA) is 40.5 Å². The Bertz CT molecular complexity index is 449. The van der Waals surface area contributed by atoms with Gasteiger partial charge in [-0.05, 0) is 85.4 Å². The number of fused-ring (bicyclic) bond motifs is 5. The Hall–Kier alpha value is -0.0800. The Kier molecular flexibility index (Phi) is 3.48. The van der Waals surface area contributed by atoms with Gasteiger partial charge in [-0.3, -0.25) is 0 Å². The van der Waals surface area contributed by atoms with Crippen LogP contribution in [0.25, 0.3) is 0 Å². The maximum Gasteiger partial charge on any atom is 0.0855 e. The van der Waals surface area contributed by atoms with Crippen LogP contribution < -0.4 is 0 Å². The summed E-state index contributed by atoms with van der Waals surface area (Å²) in [5.74, 6) is 3.99. The highest BCUT2D eigenvalue weighted by atomic mass is 16.3. The second-order valence-corrected chi connectivity index (χ2v) is 9.83. The van der Waals surface area contributed by atoms with Gasteiger partial charge in [0.25, 0.3) is 0 Å². The maximum absolute atomic E-state index is 10.5. The molecular formula is C20H34O2. The molecule has 4 rings (SSSR count). The molecule has 2 nitrogen and oxygen atoms in total. The van der Waals surface area contributed by atoms with Gasteiger partial charge in [0.05, 0.1) is 12.2 Å². The van der Waals surface area contributed by atoms with Crippen molar-refractivity contribution < 1.29 is 10.2 Å². The molecular weight excluding hydrogens is 272 g/mol. The highest BCUT2D eigenvalue weighted by molar-refractivity contribution is 5.11. The molecule has 126 valence electrons. The fraction of sp³-hybridized carbons (Fsp3) is 1.00. The standard InChI is InChI=1S/C20H34O2/c1-12-6-8-19(2)13(10-12)4-5-14-15(19)7-9-20(3)16(14)11-17(21)18(20)22/h12-18,21-22H,4-11H2,1-3H3/t12-,13-,14+,15-,16-,17+,18+,19-,20-/m0/s1. The maximum atomic E-state index is 10.5. The zero-order valence-electron chi connectivity index (χ0n) is 14.6. The van der Waals surface area contributed by atoms with Gasteiger partial charge < -0.3 is 10.2 Å². The summed E-state index contributed by atoms with van der Waals surface area (Å²) in [7, 11) is 0. The van der Waals surface area contributed by atoms with Crippen LogP contribution in [-0.2, 0) is 0 Å². The van der Waals surface area contributed by atoms with Crippen molar-refractivity contribution in [1.82, 2.24) is 0 Å². The molecule has 0 heterocycles. The molecule has 22 heavy (non-hydrogen) atoms. The van der Waals surface area contributed by atoms with E-state index in [2.05, 4.69) is 20.8 Å². The Morgan fingerprint density at radius 3 is 2.32 bits per heavy atom. The first kappa shape index (κ1) is 15.4. The van der Waals surface area contributed by atoms with Crippen molar-refractivity contribution in [1.29, 1.82) is 0 Å². The van der Waals surface area contributed by atoms with Crippen LogP contribution >= 0.6 is 0 Å². The number of hydrogen-bond acceptors (Lipinski definition) is 2. The molecule has 0 radical (unpaired) electrons. The third-order valence-electron chi connectivity index (χ3n) is 8.90. The minimum Gasteiger partial charge on any atom is -0.390 e. The molecule has 0 saturated heterocycles. The highest BCUT2D eigenvalue weighted by Crippen LogP contribution is 2.66. The molecule has 0 aromatic rings. The predicted molar refractivity (Wildman–Crippen MR) is 88.3 cm³/mol. The quantitative estimate of drug-likeness (QED) is 0.710. The monoisotopic (exact) mass is 306 g/mol. The van der Waals surface area contributed by atoms with Crippen molar-refractivity contribution >= 4 is 0 Å². The Balaban J connectivity index is 1.63. The van der Waals surface area contributed by atoms with Gasteiger partial charge in [0.1, 0.15) is 0 Å². The van der Waals surface area contributed by atoms with Gasteiger partial charge in [-0.2, -0.15) is 0 Å². The van der Waals surface area contributed by atoms with E-state index in [1.165, 1.54) is 38.5 Å². The van der Waals surface area contributed by atoms with Crippen molar-refractivity contribution in [3.63, 3.8) is 0 Å². The molecule has 0 bridgehead atoms. The number of aliphatic hydroxyl groups excluding tert-OH is 2. The number of rotatable bonds is 0. The second kappa shape index (κ2) is 4.96. The van der Waals surface area contributed by atoms with E-state index in [0.717, 1.165) is 36.5 Å². The van der Waals surface area contributed by atoms with Crippen LogP contribution in [0.2, 0.25) is 0 Å². The second-order valence-electron chi connectivity index (χ2n) is 9.83. The van der Waals surface area contributed by atoms with E-state index in [4.69, 9.17) is 0 Å². The Labute approximate surface area is 135 Å². The van der Waals surface area contributed by atoms with Crippen LogP contribution in [0.4, 0.5) is 0 Å². The molecule has 2 N–H and O–H groups in total. The SMILES string of the molecule is C[C@H]1CC[C@@]2(C)[C@@H](CC[C@@H]3[C@@H]2CC[C@]2(C)[C@H](O)[C@H](O)C[C@@H]32)C1. The molecule has 2 heteroatoms. The van der Waals surface area contributed by atoms with E-state index in [1.54, 1.807) is 0 Å². The third kappa shape index (κ3) is 1.92. The van der Waals surface area contributed by atoms with Gasteiger partial charge >= 0.3 is 0 Å². The summed E-state index contributed by atoms with van der Waals surface area (Å²) in [6.45, 7) is 7.28. The molecule has 9 atom stereocenters. The van der Waals surface area contributed by atoms with Crippen LogP contribution in [0.15, 0.2) is 0 Å². The van der Waals surface area contributed by atoms with E-state index in [9.17, 15) is 10.2 Å². The fourth-order valence-electron chi connectivity index (χ4n) is 7.46. The minimum atomic E-state index is -0.490. The molecule has 0 aromatic carbocycles. The van der Waals surface area contributed by atoms with E-state index >= 15 is 0 Å². The third-order valence-corrected chi connectivity index (χ3v) is 8.90. The number of aliphatic hydroxyl groups is 2. The van der Waals surface area contributed by atoms with Gasteiger partial charge in [0.15, 0.2) is 0 Å². The molecule has 4 aliphatic rings. The van der Waals surface area contributed by atoms with E-state index in [0.29, 0.717) is 11.3 Å². The normalized spacial score (nSPS) is 61.2. The van der Waals surface area contributed by atoms with Gasteiger partial charge in [-0.25, -0.2) is 0 Å². The summed E-state index contributed by atoms with van der Waals surface area (Å²) in [6, 6.07) is 0. The average Bonchev–Trinajstić information content (AvgIpc) is 2.72. The molecule has 0 aliphatic heterocycles. The van der Waals surface area contributed by atoms with Crippen molar-refractivity contribution in [2.45, 2.75) is 84.3 Å². The highest BCUT2D eigenvalue weighted by Gasteiger charge is 2.61. The average molecular weight is 306 g/mol. The summed E-state index contributed by atoms with van der Waals surface area (Å²) in [6.07, 6.45) is 9.26. The van der Waals surface area contributed by atoms with Crippen molar-refractivity contribution in [2.75, 3.05) is 0 Å². The first-order valence-electron chi connectivity index (χ1n) is 9.72. The summed E-state index contributed by atoms with van der Waals surface area (Å²) in [5.41, 5.74) is 0.515. The van der Waals surface area contributed by atoms with Crippen LogP contribution in [-0.4, -0.2) is 22.4 Å². The van der Waals surface area contributed by atoms with Crippen LogP contribution in [0.3, 0.4) is 0 Å². The summed E-state index contributed by atoms with van der Waals surface area (Å²) < 4.78 is 0.